The van der Waals surface area contributed by atoms with Crippen molar-refractivity contribution in [1.82, 2.24) is 5.32 Å². The van der Waals surface area contributed by atoms with Crippen LogP contribution in [-0.2, 0) is 9.59 Å². The predicted octanol–water partition coefficient (Wildman–Crippen LogP) is 0.627. The van der Waals surface area contributed by atoms with Crippen LogP contribution in [0, 0.1) is 11.8 Å². The first-order valence-corrected chi connectivity index (χ1v) is 3.94. The standard InChI is InChI=1S/C7H11NO.C2H4O2/c1-3-4-5-6-7(9)8-2;1-2(3)4/h3-4H2,1-2H3,(H,8,9);1H3,(H,3,4). The van der Waals surface area contributed by atoms with Crippen LogP contribution >= 0.6 is 0 Å². The van der Waals surface area contributed by atoms with Gasteiger partial charge in [-0.2, -0.15) is 0 Å². The van der Waals surface area contributed by atoms with Crippen LogP contribution in [0.1, 0.15) is 26.7 Å². The van der Waals surface area contributed by atoms with E-state index in [0.717, 1.165) is 19.8 Å². The zero-order chi connectivity index (χ0) is 10.7. The Morgan fingerprint density at radius 2 is 1.92 bits per heavy atom. The highest BCUT2D eigenvalue weighted by atomic mass is 16.4. The van der Waals surface area contributed by atoms with Gasteiger partial charge >= 0.3 is 0 Å². The number of carboxylic acids is 1. The minimum Gasteiger partial charge on any atom is -0.481 e. The van der Waals surface area contributed by atoms with Gasteiger partial charge in [0.2, 0.25) is 0 Å². The highest BCUT2D eigenvalue weighted by Crippen LogP contribution is 1.79. The Kier molecular flexibility index (Phi) is 11.3. The summed E-state index contributed by atoms with van der Waals surface area (Å²) in [6.45, 7) is 3.11. The average molecular weight is 185 g/mol. The van der Waals surface area contributed by atoms with Crippen LogP contribution in [0.4, 0.5) is 0 Å². The fourth-order valence-corrected chi connectivity index (χ4v) is 0.330. The maximum absolute atomic E-state index is 10.4. The van der Waals surface area contributed by atoms with Crippen molar-refractivity contribution >= 4 is 11.9 Å². The lowest BCUT2D eigenvalue weighted by atomic mass is 10.3. The Hall–Kier alpha value is -1.50. The minimum absolute atomic E-state index is 0.205. The number of carboxylic acid groups (broad SMARTS) is 1. The molecule has 0 aromatic rings. The molecule has 0 fully saturated rings. The third kappa shape index (κ3) is 25.1. The molecule has 74 valence electrons. The Bertz CT molecular complexity index is 209. The summed E-state index contributed by atoms with van der Waals surface area (Å²) in [6, 6.07) is 0. The molecule has 0 saturated heterocycles. The van der Waals surface area contributed by atoms with Crippen molar-refractivity contribution in [1.29, 1.82) is 0 Å². The van der Waals surface area contributed by atoms with Crippen LogP contribution in [0.15, 0.2) is 0 Å². The average Bonchev–Trinajstić information content (AvgIpc) is 2.03. The Morgan fingerprint density at radius 3 is 2.23 bits per heavy atom. The normalized spacial score (nSPS) is 7.00. The molecule has 0 unspecified atom stereocenters. The molecule has 13 heavy (non-hydrogen) atoms. The molecular formula is C9H15NO3. The van der Waals surface area contributed by atoms with Crippen LogP contribution in [0.25, 0.3) is 0 Å². The Balaban J connectivity index is 0. The van der Waals surface area contributed by atoms with E-state index in [1.165, 1.54) is 0 Å². The number of nitrogens with one attached hydrogen (secondary N) is 1. The first-order chi connectivity index (χ1) is 6.04. The van der Waals surface area contributed by atoms with E-state index in [0.29, 0.717) is 0 Å². The van der Waals surface area contributed by atoms with E-state index < -0.39 is 5.97 Å². The molecule has 0 radical (unpaired) electrons. The maximum atomic E-state index is 10.4. The number of carbonyl (C=O) groups excluding carboxylic acids is 1. The van der Waals surface area contributed by atoms with Crippen molar-refractivity contribution in [3.8, 4) is 11.8 Å². The van der Waals surface area contributed by atoms with Crippen molar-refractivity contribution in [3.63, 3.8) is 0 Å². The molecular weight excluding hydrogens is 170 g/mol. The van der Waals surface area contributed by atoms with Gasteiger partial charge in [0.1, 0.15) is 0 Å². The van der Waals surface area contributed by atoms with E-state index in [9.17, 15) is 4.79 Å². The summed E-state index contributed by atoms with van der Waals surface area (Å²) in [5, 5.41) is 9.83. The molecule has 0 rings (SSSR count). The third-order valence-corrected chi connectivity index (χ3v) is 0.804. The van der Waals surface area contributed by atoms with E-state index in [1.807, 2.05) is 6.92 Å². The van der Waals surface area contributed by atoms with Crippen molar-refractivity contribution in [2.24, 2.45) is 0 Å². The molecule has 0 aliphatic carbocycles. The molecule has 1 amide bonds. The molecule has 4 heteroatoms. The second-order valence-corrected chi connectivity index (χ2v) is 2.15. The van der Waals surface area contributed by atoms with E-state index in [2.05, 4.69) is 17.2 Å². The van der Waals surface area contributed by atoms with Gasteiger partial charge in [0.05, 0.1) is 0 Å². The van der Waals surface area contributed by atoms with Gasteiger partial charge in [-0.25, -0.2) is 0 Å². The van der Waals surface area contributed by atoms with Gasteiger partial charge in [0, 0.05) is 20.4 Å². The van der Waals surface area contributed by atoms with Crippen molar-refractivity contribution in [3.05, 3.63) is 0 Å². The lowest BCUT2D eigenvalue weighted by Gasteiger charge is -1.82. The number of aliphatic carboxylic acids is 1. The van der Waals surface area contributed by atoms with Crippen LogP contribution < -0.4 is 5.32 Å². The van der Waals surface area contributed by atoms with Gasteiger partial charge in [-0.3, -0.25) is 9.59 Å². The molecule has 0 bridgehead atoms. The molecule has 0 aromatic heterocycles. The molecule has 0 aromatic carbocycles. The quantitative estimate of drug-likeness (QED) is 0.589. The molecule has 0 atom stereocenters. The van der Waals surface area contributed by atoms with Crippen molar-refractivity contribution in [2.45, 2.75) is 26.7 Å². The number of rotatable bonds is 1. The summed E-state index contributed by atoms with van der Waals surface area (Å²) in [5.74, 6) is 4.12. The second kappa shape index (κ2) is 10.5. The van der Waals surface area contributed by atoms with E-state index in [1.54, 1.807) is 7.05 Å². The highest BCUT2D eigenvalue weighted by Gasteiger charge is 1.83. The van der Waals surface area contributed by atoms with Crippen molar-refractivity contribution < 1.29 is 14.7 Å². The molecule has 0 saturated carbocycles. The second-order valence-electron chi connectivity index (χ2n) is 2.15. The van der Waals surface area contributed by atoms with Crippen LogP contribution in [0.5, 0.6) is 0 Å². The van der Waals surface area contributed by atoms with E-state index >= 15 is 0 Å². The van der Waals surface area contributed by atoms with Gasteiger partial charge in [0.25, 0.3) is 11.9 Å². The van der Waals surface area contributed by atoms with E-state index in [4.69, 9.17) is 9.90 Å². The maximum Gasteiger partial charge on any atom is 0.300 e. The number of hydrogen-bond donors (Lipinski definition) is 2. The molecule has 4 nitrogen and oxygen atoms in total. The molecule has 0 aliphatic rings. The van der Waals surface area contributed by atoms with Crippen LogP contribution in [0.3, 0.4) is 0 Å². The molecule has 0 aliphatic heterocycles. The summed E-state index contributed by atoms with van der Waals surface area (Å²) in [5.41, 5.74) is 0. The largest absolute Gasteiger partial charge is 0.481 e. The summed E-state index contributed by atoms with van der Waals surface area (Å²) in [6.07, 6.45) is 1.80. The van der Waals surface area contributed by atoms with Gasteiger partial charge in [-0.15, -0.1) is 0 Å². The van der Waals surface area contributed by atoms with Gasteiger partial charge in [-0.05, 0) is 12.3 Å². The van der Waals surface area contributed by atoms with E-state index in [-0.39, 0.29) is 5.91 Å². The predicted molar refractivity (Wildman–Crippen MR) is 50.1 cm³/mol. The number of carbonyl (C=O) groups is 2. The number of unbranched alkanes of at least 4 members (excludes halogenated alkanes) is 1. The molecule has 0 spiro atoms. The smallest absolute Gasteiger partial charge is 0.300 e. The SMILES string of the molecule is CC(=O)O.CCCC#CC(=O)NC. The van der Waals surface area contributed by atoms with Gasteiger partial charge in [0.15, 0.2) is 0 Å². The molecule has 0 heterocycles. The lowest BCUT2D eigenvalue weighted by Crippen LogP contribution is -2.14. The summed E-state index contributed by atoms with van der Waals surface area (Å²) >= 11 is 0. The summed E-state index contributed by atoms with van der Waals surface area (Å²) in [7, 11) is 1.57. The van der Waals surface area contributed by atoms with Crippen LogP contribution in [0.2, 0.25) is 0 Å². The first-order valence-electron chi connectivity index (χ1n) is 3.94. The van der Waals surface area contributed by atoms with Gasteiger partial charge < -0.3 is 10.4 Å². The number of amides is 1. The fraction of sp³-hybridized carbons (Fsp3) is 0.556. The summed E-state index contributed by atoms with van der Waals surface area (Å²) in [4.78, 5) is 19.4. The monoisotopic (exact) mass is 185 g/mol. The Morgan fingerprint density at radius 1 is 1.46 bits per heavy atom. The van der Waals surface area contributed by atoms with Crippen molar-refractivity contribution in [2.75, 3.05) is 7.05 Å². The number of hydrogen-bond acceptors (Lipinski definition) is 2. The zero-order valence-corrected chi connectivity index (χ0v) is 8.18. The third-order valence-electron chi connectivity index (χ3n) is 0.804. The minimum atomic E-state index is -0.833. The Labute approximate surface area is 78.3 Å². The topological polar surface area (TPSA) is 66.4 Å². The zero-order valence-electron chi connectivity index (χ0n) is 8.18. The lowest BCUT2D eigenvalue weighted by molar-refractivity contribution is -0.134. The summed E-state index contributed by atoms with van der Waals surface area (Å²) < 4.78 is 0. The fourth-order valence-electron chi connectivity index (χ4n) is 0.330. The van der Waals surface area contributed by atoms with Gasteiger partial charge in [-0.1, -0.05) is 12.8 Å². The van der Waals surface area contributed by atoms with Crippen LogP contribution in [-0.4, -0.2) is 24.0 Å². The highest BCUT2D eigenvalue weighted by molar-refractivity contribution is 5.93. The first kappa shape index (κ1) is 14.0. The molecule has 2 N–H and O–H groups in total.